The van der Waals surface area contributed by atoms with Gasteiger partial charge in [-0.2, -0.15) is 0 Å². The summed E-state index contributed by atoms with van der Waals surface area (Å²) in [4.78, 5) is 11.4. The van der Waals surface area contributed by atoms with E-state index in [1.165, 1.54) is 0 Å². The van der Waals surface area contributed by atoms with Gasteiger partial charge in [-0.1, -0.05) is 17.7 Å². The Morgan fingerprint density at radius 2 is 2.25 bits per heavy atom. The minimum Gasteiger partial charge on any atom is -0.394 e. The van der Waals surface area contributed by atoms with Gasteiger partial charge < -0.3 is 15.7 Å². The molecule has 0 aliphatic rings. The van der Waals surface area contributed by atoms with Crippen LogP contribution in [-0.4, -0.2) is 23.8 Å². The van der Waals surface area contributed by atoms with Crippen LogP contribution in [0.5, 0.6) is 0 Å². The molecule has 0 aliphatic carbocycles. The molecule has 0 fully saturated rings. The molecule has 88 valence electrons. The maximum absolute atomic E-state index is 11.4. The van der Waals surface area contributed by atoms with Gasteiger partial charge in [0.05, 0.1) is 23.4 Å². The molecule has 1 unspecified atom stereocenters. The van der Waals surface area contributed by atoms with Crippen molar-refractivity contribution < 1.29 is 9.90 Å². The van der Waals surface area contributed by atoms with E-state index in [1.807, 2.05) is 13.0 Å². The van der Waals surface area contributed by atoms with E-state index in [0.29, 0.717) is 10.7 Å². The van der Waals surface area contributed by atoms with E-state index in [1.54, 1.807) is 19.1 Å². The Morgan fingerprint density at radius 1 is 1.56 bits per heavy atom. The SMILES string of the molecule is Cc1ccc(NC(=O)NC(C)CO)c(Cl)c1. The number of carbonyl (C=O) groups is 1. The van der Waals surface area contributed by atoms with Crippen LogP contribution in [0.25, 0.3) is 0 Å². The third-order valence-electron chi connectivity index (χ3n) is 2.02. The molecule has 1 rings (SSSR count). The van der Waals surface area contributed by atoms with Crippen LogP contribution in [0.4, 0.5) is 10.5 Å². The molecule has 0 bridgehead atoms. The van der Waals surface area contributed by atoms with Crippen LogP contribution >= 0.6 is 11.6 Å². The van der Waals surface area contributed by atoms with Crippen LogP contribution in [0.2, 0.25) is 5.02 Å². The van der Waals surface area contributed by atoms with E-state index in [9.17, 15) is 4.79 Å². The smallest absolute Gasteiger partial charge is 0.319 e. The van der Waals surface area contributed by atoms with Gasteiger partial charge in [0.2, 0.25) is 0 Å². The average Bonchev–Trinajstić information content (AvgIpc) is 2.22. The van der Waals surface area contributed by atoms with Crippen molar-refractivity contribution in [3.63, 3.8) is 0 Å². The Labute approximate surface area is 99.6 Å². The van der Waals surface area contributed by atoms with Crippen molar-refractivity contribution in [3.8, 4) is 0 Å². The van der Waals surface area contributed by atoms with Gasteiger partial charge in [-0.15, -0.1) is 0 Å². The second-order valence-corrected chi connectivity index (χ2v) is 4.07. The lowest BCUT2D eigenvalue weighted by molar-refractivity contribution is 0.229. The van der Waals surface area contributed by atoms with Crippen molar-refractivity contribution in [3.05, 3.63) is 28.8 Å². The van der Waals surface area contributed by atoms with E-state index < -0.39 is 0 Å². The number of nitrogens with one attached hydrogen (secondary N) is 2. The van der Waals surface area contributed by atoms with Crippen molar-refractivity contribution in [1.29, 1.82) is 0 Å². The number of hydrogen-bond acceptors (Lipinski definition) is 2. The Morgan fingerprint density at radius 3 is 2.81 bits per heavy atom. The molecule has 0 radical (unpaired) electrons. The van der Waals surface area contributed by atoms with Crippen LogP contribution in [-0.2, 0) is 0 Å². The number of aryl methyl sites for hydroxylation is 1. The quantitative estimate of drug-likeness (QED) is 0.761. The van der Waals surface area contributed by atoms with Gasteiger partial charge in [-0.3, -0.25) is 0 Å². The number of aliphatic hydroxyl groups is 1. The molecule has 16 heavy (non-hydrogen) atoms. The third-order valence-corrected chi connectivity index (χ3v) is 2.34. The van der Waals surface area contributed by atoms with Crippen molar-refractivity contribution in [2.75, 3.05) is 11.9 Å². The van der Waals surface area contributed by atoms with Gasteiger partial charge >= 0.3 is 6.03 Å². The second kappa shape index (κ2) is 5.72. The van der Waals surface area contributed by atoms with E-state index in [0.717, 1.165) is 5.56 Å². The largest absolute Gasteiger partial charge is 0.394 e. The minimum absolute atomic E-state index is 0.102. The zero-order valence-electron chi connectivity index (χ0n) is 9.25. The third kappa shape index (κ3) is 3.72. The summed E-state index contributed by atoms with van der Waals surface area (Å²) in [6.45, 7) is 3.52. The highest BCUT2D eigenvalue weighted by molar-refractivity contribution is 6.33. The molecule has 1 atom stereocenters. The van der Waals surface area contributed by atoms with Gasteiger partial charge in [-0.25, -0.2) is 4.79 Å². The van der Waals surface area contributed by atoms with Crippen molar-refractivity contribution in [2.24, 2.45) is 0 Å². The van der Waals surface area contributed by atoms with Crippen LogP contribution in [0.3, 0.4) is 0 Å². The van der Waals surface area contributed by atoms with E-state index in [4.69, 9.17) is 16.7 Å². The topological polar surface area (TPSA) is 61.4 Å². The fourth-order valence-corrected chi connectivity index (χ4v) is 1.43. The fourth-order valence-electron chi connectivity index (χ4n) is 1.15. The number of aliphatic hydroxyl groups excluding tert-OH is 1. The molecule has 5 heteroatoms. The lowest BCUT2D eigenvalue weighted by Gasteiger charge is -2.12. The molecule has 0 heterocycles. The maximum Gasteiger partial charge on any atom is 0.319 e. The highest BCUT2D eigenvalue weighted by Gasteiger charge is 2.08. The van der Waals surface area contributed by atoms with E-state index in [-0.39, 0.29) is 18.7 Å². The standard InChI is InChI=1S/C11H15ClN2O2/c1-7-3-4-10(9(12)5-7)14-11(16)13-8(2)6-15/h3-5,8,15H,6H2,1-2H3,(H2,13,14,16). The number of amides is 2. The molecule has 3 N–H and O–H groups in total. The molecule has 1 aromatic rings. The number of carbonyl (C=O) groups excluding carboxylic acids is 1. The van der Waals surface area contributed by atoms with Gasteiger partial charge in [0, 0.05) is 0 Å². The normalized spacial score (nSPS) is 12.0. The first kappa shape index (κ1) is 12.8. The van der Waals surface area contributed by atoms with E-state index in [2.05, 4.69) is 10.6 Å². The van der Waals surface area contributed by atoms with Crippen molar-refractivity contribution in [1.82, 2.24) is 5.32 Å². The number of benzene rings is 1. The molecule has 1 aromatic carbocycles. The average molecular weight is 243 g/mol. The molecule has 0 saturated heterocycles. The summed E-state index contributed by atoms with van der Waals surface area (Å²) in [5, 5.41) is 14.4. The Hall–Kier alpha value is -1.26. The molecule has 0 spiro atoms. The molecule has 4 nitrogen and oxygen atoms in total. The number of anilines is 1. The van der Waals surface area contributed by atoms with Crippen molar-refractivity contribution in [2.45, 2.75) is 19.9 Å². The summed E-state index contributed by atoms with van der Waals surface area (Å²) in [6, 6.07) is 4.70. The molecule has 2 amide bonds. The van der Waals surface area contributed by atoms with E-state index >= 15 is 0 Å². The number of urea groups is 1. The molecule has 0 aliphatic heterocycles. The fraction of sp³-hybridized carbons (Fsp3) is 0.364. The Kier molecular flexibility index (Phi) is 4.58. The summed E-state index contributed by atoms with van der Waals surface area (Å²) in [6.07, 6.45) is 0. The number of halogens is 1. The number of hydrogen-bond donors (Lipinski definition) is 3. The summed E-state index contributed by atoms with van der Waals surface area (Å²) in [5.41, 5.74) is 1.58. The Bertz CT molecular complexity index is 382. The molecule has 0 aromatic heterocycles. The summed E-state index contributed by atoms with van der Waals surface area (Å²) in [7, 11) is 0. The summed E-state index contributed by atoms with van der Waals surface area (Å²) >= 11 is 5.95. The maximum atomic E-state index is 11.4. The Balaban J connectivity index is 2.63. The van der Waals surface area contributed by atoms with Gasteiger partial charge in [0.15, 0.2) is 0 Å². The predicted octanol–water partition coefficient (Wildman–Crippen LogP) is 2.15. The van der Waals surface area contributed by atoms with Crippen LogP contribution < -0.4 is 10.6 Å². The van der Waals surface area contributed by atoms with Crippen LogP contribution in [0, 0.1) is 6.92 Å². The number of rotatable bonds is 3. The van der Waals surface area contributed by atoms with Crippen LogP contribution in [0.15, 0.2) is 18.2 Å². The predicted molar refractivity (Wildman–Crippen MR) is 64.9 cm³/mol. The van der Waals surface area contributed by atoms with Crippen LogP contribution in [0.1, 0.15) is 12.5 Å². The van der Waals surface area contributed by atoms with Crippen molar-refractivity contribution >= 4 is 23.3 Å². The summed E-state index contributed by atoms with van der Waals surface area (Å²) in [5.74, 6) is 0. The lowest BCUT2D eigenvalue weighted by Crippen LogP contribution is -2.38. The first-order valence-electron chi connectivity index (χ1n) is 4.97. The highest BCUT2D eigenvalue weighted by Crippen LogP contribution is 2.22. The summed E-state index contributed by atoms with van der Waals surface area (Å²) < 4.78 is 0. The van der Waals surface area contributed by atoms with Gasteiger partial charge in [-0.05, 0) is 31.5 Å². The van der Waals surface area contributed by atoms with Gasteiger partial charge in [0.25, 0.3) is 0 Å². The zero-order valence-corrected chi connectivity index (χ0v) is 10.0. The lowest BCUT2D eigenvalue weighted by atomic mass is 10.2. The monoisotopic (exact) mass is 242 g/mol. The molecular weight excluding hydrogens is 228 g/mol. The second-order valence-electron chi connectivity index (χ2n) is 3.67. The van der Waals surface area contributed by atoms with Gasteiger partial charge in [0.1, 0.15) is 0 Å². The first-order valence-corrected chi connectivity index (χ1v) is 5.35. The minimum atomic E-state index is -0.382. The highest BCUT2D eigenvalue weighted by atomic mass is 35.5. The first-order chi connectivity index (χ1) is 7.52. The zero-order chi connectivity index (χ0) is 12.1. The molecule has 0 saturated carbocycles. The molecular formula is C11H15ClN2O2.